The Morgan fingerprint density at radius 1 is 1.17 bits per heavy atom. The van der Waals surface area contributed by atoms with Crippen LogP contribution in [0.15, 0.2) is 48.8 Å². The predicted octanol–water partition coefficient (Wildman–Crippen LogP) is 5.11. The van der Waals surface area contributed by atoms with Gasteiger partial charge in [0.05, 0.1) is 31.2 Å². The van der Waals surface area contributed by atoms with E-state index in [1.165, 1.54) is 12.1 Å². The molecule has 9 heteroatoms. The number of aliphatic hydroxyl groups is 1. The lowest BCUT2D eigenvalue weighted by Gasteiger charge is -2.29. The second kappa shape index (κ2) is 10.0. The van der Waals surface area contributed by atoms with Gasteiger partial charge in [0.25, 0.3) is 5.88 Å². The zero-order valence-corrected chi connectivity index (χ0v) is 19.8. The van der Waals surface area contributed by atoms with E-state index < -0.39 is 23.8 Å². The standard InChI is InChI=1S/C27H25F2N5O2/c1-30-20-7-5-18(6-8-20)24-25(19-12-22(28)21(15-35)23(29)13-19)34-11-9-31-26(34)27(32-24)36-16-17-4-3-10-33(2)14-17/h5-9,11-13,17,35H,3-4,10,14-16H2,2H3/t17-/m1/s1. The van der Waals surface area contributed by atoms with Crippen LogP contribution in [0.5, 0.6) is 5.88 Å². The minimum Gasteiger partial charge on any atom is -0.475 e. The van der Waals surface area contributed by atoms with E-state index in [4.69, 9.17) is 16.3 Å². The Labute approximate surface area is 207 Å². The lowest BCUT2D eigenvalue weighted by atomic mass is 10.00. The summed E-state index contributed by atoms with van der Waals surface area (Å²) in [5.41, 5.74) is 2.25. The van der Waals surface area contributed by atoms with Gasteiger partial charge in [-0.15, -0.1) is 0 Å². The van der Waals surface area contributed by atoms with Crippen LogP contribution in [0, 0.1) is 24.1 Å². The molecule has 0 spiro atoms. The zero-order chi connectivity index (χ0) is 25.2. The molecule has 5 rings (SSSR count). The van der Waals surface area contributed by atoms with Crippen LogP contribution in [-0.4, -0.2) is 51.1 Å². The average molecular weight is 490 g/mol. The van der Waals surface area contributed by atoms with Crippen LogP contribution in [0.25, 0.3) is 33.0 Å². The molecular formula is C27H25F2N5O2. The van der Waals surface area contributed by atoms with Crippen LogP contribution in [0.1, 0.15) is 18.4 Å². The highest BCUT2D eigenvalue weighted by Gasteiger charge is 2.23. The van der Waals surface area contributed by atoms with Gasteiger partial charge in [-0.05, 0) is 44.1 Å². The van der Waals surface area contributed by atoms with Crippen LogP contribution in [-0.2, 0) is 6.61 Å². The van der Waals surface area contributed by atoms with Gasteiger partial charge in [-0.1, -0.05) is 24.3 Å². The van der Waals surface area contributed by atoms with Gasteiger partial charge in [0, 0.05) is 36.0 Å². The van der Waals surface area contributed by atoms with Crippen LogP contribution in [0.2, 0.25) is 0 Å². The van der Waals surface area contributed by atoms with Gasteiger partial charge in [0.1, 0.15) is 11.6 Å². The first-order valence-electron chi connectivity index (χ1n) is 11.7. The number of hydrogen-bond donors (Lipinski definition) is 1. The number of imidazole rings is 1. The van der Waals surface area contributed by atoms with Gasteiger partial charge in [-0.25, -0.2) is 23.6 Å². The van der Waals surface area contributed by atoms with Crippen molar-refractivity contribution < 1.29 is 18.6 Å². The van der Waals surface area contributed by atoms with Crippen molar-refractivity contribution in [2.24, 2.45) is 5.92 Å². The molecule has 7 nitrogen and oxygen atoms in total. The second-order valence-electron chi connectivity index (χ2n) is 9.05. The largest absolute Gasteiger partial charge is 0.475 e. The number of halogens is 2. The van der Waals surface area contributed by atoms with Gasteiger partial charge in [0.15, 0.2) is 5.69 Å². The molecule has 4 aromatic rings. The number of hydrogen-bond acceptors (Lipinski definition) is 5. The monoisotopic (exact) mass is 489 g/mol. The van der Waals surface area contributed by atoms with Gasteiger partial charge in [-0.2, -0.15) is 0 Å². The highest BCUT2D eigenvalue weighted by molar-refractivity contribution is 5.82. The van der Waals surface area contributed by atoms with Crippen molar-refractivity contribution in [3.63, 3.8) is 0 Å². The first kappa shape index (κ1) is 23.9. The molecule has 1 aliphatic heterocycles. The van der Waals surface area contributed by atoms with E-state index in [1.54, 1.807) is 41.1 Å². The smallest absolute Gasteiger partial charge is 0.259 e. The molecule has 2 aromatic carbocycles. The van der Waals surface area contributed by atoms with Crippen LogP contribution >= 0.6 is 0 Å². The predicted molar refractivity (Wildman–Crippen MR) is 132 cm³/mol. The first-order valence-corrected chi connectivity index (χ1v) is 11.7. The summed E-state index contributed by atoms with van der Waals surface area (Å²) in [6, 6.07) is 9.19. The summed E-state index contributed by atoms with van der Waals surface area (Å²) >= 11 is 0. The molecule has 1 saturated heterocycles. The summed E-state index contributed by atoms with van der Waals surface area (Å²) in [6.45, 7) is 8.97. The van der Waals surface area contributed by atoms with E-state index in [0.29, 0.717) is 46.7 Å². The highest BCUT2D eigenvalue weighted by Crippen LogP contribution is 2.36. The SMILES string of the molecule is [C-]#[N+]c1ccc(-c2nc(OC[C@@H]3CCCN(C)C3)c3nccn3c2-c2cc(F)c(CO)c(F)c2)cc1. The maximum Gasteiger partial charge on any atom is 0.259 e. The Morgan fingerprint density at radius 3 is 2.58 bits per heavy atom. The fourth-order valence-electron chi connectivity index (χ4n) is 4.73. The molecule has 0 saturated carbocycles. The molecule has 0 bridgehead atoms. The molecule has 3 heterocycles. The Morgan fingerprint density at radius 2 is 1.92 bits per heavy atom. The average Bonchev–Trinajstić information content (AvgIpc) is 3.37. The van der Waals surface area contributed by atoms with Crippen molar-refractivity contribution in [1.29, 1.82) is 0 Å². The summed E-state index contributed by atoms with van der Waals surface area (Å²) in [5, 5.41) is 9.35. The Kier molecular flexibility index (Phi) is 6.63. The molecule has 2 aromatic heterocycles. The molecule has 36 heavy (non-hydrogen) atoms. The van der Waals surface area contributed by atoms with Crippen LogP contribution in [0.3, 0.4) is 0 Å². The molecule has 0 amide bonds. The van der Waals surface area contributed by atoms with Crippen molar-refractivity contribution in [3.8, 4) is 28.4 Å². The quantitative estimate of drug-likeness (QED) is 0.382. The van der Waals surface area contributed by atoms with Gasteiger partial charge < -0.3 is 14.7 Å². The van der Waals surface area contributed by atoms with Crippen LogP contribution < -0.4 is 4.74 Å². The van der Waals surface area contributed by atoms with Crippen molar-refractivity contribution in [3.05, 3.63) is 77.4 Å². The minimum atomic E-state index is -0.850. The van der Waals surface area contributed by atoms with E-state index in [-0.39, 0.29) is 5.56 Å². The van der Waals surface area contributed by atoms with Crippen molar-refractivity contribution in [2.45, 2.75) is 19.4 Å². The summed E-state index contributed by atoms with van der Waals surface area (Å²) in [6.07, 6.45) is 5.45. The van der Waals surface area contributed by atoms with Crippen molar-refractivity contribution >= 4 is 11.3 Å². The molecule has 0 aliphatic carbocycles. The number of benzene rings is 2. The summed E-state index contributed by atoms with van der Waals surface area (Å²) in [5.74, 6) is -1.02. The number of fused-ring (bicyclic) bond motifs is 1. The molecule has 0 unspecified atom stereocenters. The lowest BCUT2D eigenvalue weighted by Crippen LogP contribution is -2.34. The van der Waals surface area contributed by atoms with E-state index in [2.05, 4.69) is 21.8 Å². The summed E-state index contributed by atoms with van der Waals surface area (Å²) < 4.78 is 37.3. The molecule has 1 fully saturated rings. The topological polar surface area (TPSA) is 67.2 Å². The number of piperidine rings is 1. The molecular weight excluding hydrogens is 464 g/mol. The second-order valence-corrected chi connectivity index (χ2v) is 9.05. The van der Waals surface area contributed by atoms with Gasteiger partial charge in [0.2, 0.25) is 5.65 Å². The molecule has 184 valence electrons. The Hall–Kier alpha value is -3.87. The number of aromatic nitrogens is 3. The van der Waals surface area contributed by atoms with E-state index >= 15 is 0 Å². The molecule has 1 N–H and O–H groups in total. The van der Waals surface area contributed by atoms with Crippen LogP contribution in [0.4, 0.5) is 14.5 Å². The third-order valence-electron chi connectivity index (χ3n) is 6.53. The summed E-state index contributed by atoms with van der Waals surface area (Å²) in [7, 11) is 2.09. The van der Waals surface area contributed by atoms with Crippen molar-refractivity contribution in [2.75, 3.05) is 26.7 Å². The van der Waals surface area contributed by atoms with Gasteiger partial charge >= 0.3 is 0 Å². The molecule has 1 aliphatic rings. The summed E-state index contributed by atoms with van der Waals surface area (Å²) in [4.78, 5) is 14.9. The molecule has 1 atom stereocenters. The van der Waals surface area contributed by atoms with Gasteiger partial charge in [-0.3, -0.25) is 4.40 Å². The maximum absolute atomic E-state index is 14.7. The normalized spacial score (nSPS) is 16.2. The number of ether oxygens (including phenoxy) is 1. The third kappa shape index (κ3) is 4.53. The third-order valence-corrected chi connectivity index (χ3v) is 6.53. The zero-order valence-electron chi connectivity index (χ0n) is 19.8. The fourth-order valence-corrected chi connectivity index (χ4v) is 4.73. The van der Waals surface area contributed by atoms with E-state index in [1.807, 2.05) is 0 Å². The maximum atomic E-state index is 14.7. The number of aliphatic hydroxyl groups excluding tert-OH is 1. The highest BCUT2D eigenvalue weighted by atomic mass is 19.1. The van der Waals surface area contributed by atoms with Crippen molar-refractivity contribution in [1.82, 2.24) is 19.3 Å². The number of rotatable bonds is 6. The van der Waals surface area contributed by atoms with E-state index in [0.717, 1.165) is 25.9 Å². The molecule has 0 radical (unpaired) electrons. The minimum absolute atomic E-state index is 0.238. The lowest BCUT2D eigenvalue weighted by molar-refractivity contribution is 0.148. The fraction of sp³-hybridized carbons (Fsp3) is 0.296. The number of nitrogens with zero attached hydrogens (tertiary/aromatic N) is 5. The number of likely N-dealkylation sites (tertiary alicyclic amines) is 1. The van der Waals surface area contributed by atoms with E-state index in [9.17, 15) is 13.9 Å². The first-order chi connectivity index (χ1) is 17.5. The Bertz CT molecular complexity index is 1420. The Balaban J connectivity index is 1.66.